The van der Waals surface area contributed by atoms with Crippen molar-refractivity contribution in [2.24, 2.45) is 0 Å². The molecule has 0 aromatic heterocycles. The Morgan fingerprint density at radius 2 is 1.82 bits per heavy atom. The van der Waals surface area contributed by atoms with Crippen molar-refractivity contribution in [3.8, 4) is 5.75 Å². The molecule has 2 amide bonds. The van der Waals surface area contributed by atoms with Gasteiger partial charge in [-0.05, 0) is 30.5 Å². The summed E-state index contributed by atoms with van der Waals surface area (Å²) in [5, 5.41) is 11.7. The monoisotopic (exact) mass is 312 g/mol. The SMILES string of the molecule is O=C1NCC(F)(F)CN1C1(c2ccc(O)cc2)CCOCC1. The summed E-state index contributed by atoms with van der Waals surface area (Å²) in [5.74, 6) is -2.87. The first-order chi connectivity index (χ1) is 10.4. The normalized spacial score (nSPS) is 23.9. The molecule has 2 saturated heterocycles. The number of nitrogens with one attached hydrogen (secondary N) is 1. The number of halogens is 2. The maximum Gasteiger partial charge on any atom is 0.318 e. The minimum Gasteiger partial charge on any atom is -0.508 e. The van der Waals surface area contributed by atoms with E-state index in [4.69, 9.17) is 4.74 Å². The number of ether oxygens (including phenoxy) is 1. The molecule has 0 spiro atoms. The van der Waals surface area contributed by atoms with Crippen molar-refractivity contribution in [1.29, 1.82) is 0 Å². The molecule has 2 aliphatic rings. The summed E-state index contributed by atoms with van der Waals surface area (Å²) in [6.07, 6.45) is 0.891. The highest BCUT2D eigenvalue weighted by Crippen LogP contribution is 2.41. The summed E-state index contributed by atoms with van der Waals surface area (Å²) in [7, 11) is 0. The fraction of sp³-hybridized carbons (Fsp3) is 0.533. The number of phenols is 1. The molecule has 0 atom stereocenters. The van der Waals surface area contributed by atoms with Gasteiger partial charge in [-0.3, -0.25) is 0 Å². The van der Waals surface area contributed by atoms with Crippen LogP contribution in [-0.4, -0.2) is 48.3 Å². The van der Waals surface area contributed by atoms with Crippen LogP contribution in [0.2, 0.25) is 0 Å². The lowest BCUT2D eigenvalue weighted by Crippen LogP contribution is -2.64. The largest absolute Gasteiger partial charge is 0.508 e. The summed E-state index contributed by atoms with van der Waals surface area (Å²) in [6.45, 7) is -0.448. The molecule has 2 N–H and O–H groups in total. The van der Waals surface area contributed by atoms with Crippen LogP contribution in [0, 0.1) is 0 Å². The van der Waals surface area contributed by atoms with Crippen LogP contribution in [0.15, 0.2) is 24.3 Å². The van der Waals surface area contributed by atoms with Gasteiger partial charge in [0.15, 0.2) is 0 Å². The van der Waals surface area contributed by atoms with Crippen molar-refractivity contribution in [2.45, 2.75) is 24.3 Å². The highest BCUT2D eigenvalue weighted by atomic mass is 19.3. The number of carbonyl (C=O) groups is 1. The van der Waals surface area contributed by atoms with Crippen LogP contribution >= 0.6 is 0 Å². The summed E-state index contributed by atoms with van der Waals surface area (Å²) >= 11 is 0. The highest BCUT2D eigenvalue weighted by Gasteiger charge is 2.49. The average Bonchev–Trinajstić information content (AvgIpc) is 2.51. The number of phenolic OH excluding ortho intramolecular Hbond substituents is 1. The number of benzene rings is 1. The van der Waals surface area contributed by atoms with E-state index in [0.29, 0.717) is 26.1 Å². The number of aromatic hydroxyl groups is 1. The zero-order chi connectivity index (χ0) is 15.8. The number of alkyl halides is 2. The van der Waals surface area contributed by atoms with Gasteiger partial charge < -0.3 is 20.1 Å². The number of amides is 2. The summed E-state index contributed by atoms with van der Waals surface area (Å²) < 4.78 is 33.0. The van der Waals surface area contributed by atoms with Gasteiger partial charge in [-0.1, -0.05) is 12.1 Å². The molecular formula is C15H18F2N2O3. The average molecular weight is 312 g/mol. The zero-order valence-electron chi connectivity index (χ0n) is 12.0. The molecule has 120 valence electrons. The maximum atomic E-state index is 13.8. The molecule has 3 rings (SSSR count). The van der Waals surface area contributed by atoms with Crippen LogP contribution in [0.5, 0.6) is 5.75 Å². The number of hydrogen-bond donors (Lipinski definition) is 2. The first-order valence-corrected chi connectivity index (χ1v) is 7.24. The second kappa shape index (κ2) is 5.39. The van der Waals surface area contributed by atoms with Gasteiger partial charge in [0.1, 0.15) is 5.75 Å². The van der Waals surface area contributed by atoms with E-state index in [1.54, 1.807) is 12.1 Å². The summed E-state index contributed by atoms with van der Waals surface area (Å²) in [6, 6.07) is 5.89. The van der Waals surface area contributed by atoms with Crippen LogP contribution in [0.4, 0.5) is 13.6 Å². The Labute approximate surface area is 126 Å². The van der Waals surface area contributed by atoms with Crippen molar-refractivity contribution in [1.82, 2.24) is 10.2 Å². The first kappa shape index (κ1) is 15.0. The van der Waals surface area contributed by atoms with Crippen molar-refractivity contribution >= 4 is 6.03 Å². The number of urea groups is 1. The van der Waals surface area contributed by atoms with Crippen LogP contribution in [-0.2, 0) is 10.3 Å². The van der Waals surface area contributed by atoms with Crippen LogP contribution < -0.4 is 5.32 Å². The fourth-order valence-electron chi connectivity index (χ4n) is 3.20. The van der Waals surface area contributed by atoms with Crippen molar-refractivity contribution in [3.05, 3.63) is 29.8 Å². The van der Waals surface area contributed by atoms with Gasteiger partial charge in [0, 0.05) is 13.2 Å². The molecule has 7 heteroatoms. The number of hydrogen-bond acceptors (Lipinski definition) is 3. The van der Waals surface area contributed by atoms with Crippen molar-refractivity contribution < 1.29 is 23.4 Å². The number of carbonyl (C=O) groups excluding carboxylic acids is 1. The second-order valence-electron chi connectivity index (χ2n) is 5.79. The molecule has 5 nitrogen and oxygen atoms in total. The van der Waals surface area contributed by atoms with Gasteiger partial charge in [-0.2, -0.15) is 0 Å². The van der Waals surface area contributed by atoms with Crippen LogP contribution in [0.3, 0.4) is 0 Å². The molecule has 0 saturated carbocycles. The van der Waals surface area contributed by atoms with E-state index in [9.17, 15) is 18.7 Å². The zero-order valence-corrected chi connectivity index (χ0v) is 12.0. The fourth-order valence-corrected chi connectivity index (χ4v) is 3.20. The Morgan fingerprint density at radius 3 is 2.45 bits per heavy atom. The maximum absolute atomic E-state index is 13.8. The van der Waals surface area contributed by atoms with E-state index in [-0.39, 0.29) is 5.75 Å². The third-order valence-corrected chi connectivity index (χ3v) is 4.37. The Balaban J connectivity index is 2.01. The quantitative estimate of drug-likeness (QED) is 0.879. The molecule has 0 bridgehead atoms. The van der Waals surface area contributed by atoms with Gasteiger partial charge in [0.25, 0.3) is 5.92 Å². The number of rotatable bonds is 2. The molecule has 1 aromatic rings. The smallest absolute Gasteiger partial charge is 0.318 e. The Kier molecular flexibility index (Phi) is 3.68. The van der Waals surface area contributed by atoms with E-state index >= 15 is 0 Å². The second-order valence-corrected chi connectivity index (χ2v) is 5.79. The minimum atomic E-state index is -2.96. The van der Waals surface area contributed by atoms with E-state index in [1.165, 1.54) is 17.0 Å². The molecule has 2 fully saturated rings. The van der Waals surface area contributed by atoms with Crippen LogP contribution in [0.25, 0.3) is 0 Å². The summed E-state index contributed by atoms with van der Waals surface area (Å²) in [4.78, 5) is 13.4. The van der Waals surface area contributed by atoms with E-state index in [1.807, 2.05) is 0 Å². The van der Waals surface area contributed by atoms with E-state index in [0.717, 1.165) is 5.56 Å². The molecule has 1 aromatic carbocycles. The number of nitrogens with zero attached hydrogens (tertiary/aromatic N) is 1. The van der Waals surface area contributed by atoms with Crippen molar-refractivity contribution in [3.63, 3.8) is 0 Å². The van der Waals surface area contributed by atoms with Gasteiger partial charge in [0.2, 0.25) is 0 Å². The third-order valence-electron chi connectivity index (χ3n) is 4.37. The lowest BCUT2D eigenvalue weighted by atomic mass is 9.80. The Hall–Kier alpha value is -1.89. The van der Waals surface area contributed by atoms with Gasteiger partial charge in [-0.15, -0.1) is 0 Å². The molecule has 2 heterocycles. The first-order valence-electron chi connectivity index (χ1n) is 7.24. The molecule has 0 radical (unpaired) electrons. The predicted molar refractivity (Wildman–Crippen MR) is 74.9 cm³/mol. The lowest BCUT2D eigenvalue weighted by molar-refractivity contribution is -0.0868. The molecule has 22 heavy (non-hydrogen) atoms. The minimum absolute atomic E-state index is 0.0967. The predicted octanol–water partition coefficient (Wildman–Crippen LogP) is 2.06. The standard InChI is InChI=1S/C15H18F2N2O3/c16-15(17)9-18-13(21)19(10-15)14(5-7-22-8-6-14)11-1-3-12(20)4-2-11/h1-4,20H,5-10H2,(H,18,21). The lowest BCUT2D eigenvalue weighted by Gasteiger charge is -2.49. The molecule has 2 aliphatic heterocycles. The molecule has 0 unspecified atom stereocenters. The van der Waals surface area contributed by atoms with Gasteiger partial charge in [0.05, 0.1) is 18.6 Å². The third kappa shape index (κ3) is 2.61. The highest BCUT2D eigenvalue weighted by molar-refractivity contribution is 5.76. The topological polar surface area (TPSA) is 61.8 Å². The van der Waals surface area contributed by atoms with Crippen LogP contribution in [0.1, 0.15) is 18.4 Å². The Morgan fingerprint density at radius 1 is 1.18 bits per heavy atom. The molecule has 0 aliphatic carbocycles. The van der Waals surface area contributed by atoms with Crippen molar-refractivity contribution in [2.75, 3.05) is 26.3 Å². The molecular weight excluding hydrogens is 294 g/mol. The van der Waals surface area contributed by atoms with Gasteiger partial charge in [-0.25, -0.2) is 13.6 Å². The van der Waals surface area contributed by atoms with E-state index in [2.05, 4.69) is 5.32 Å². The summed E-state index contributed by atoms with van der Waals surface area (Å²) in [5.41, 5.74) is -0.0960. The van der Waals surface area contributed by atoms with Gasteiger partial charge >= 0.3 is 6.03 Å². The Bertz CT molecular complexity index is 556. The van der Waals surface area contributed by atoms with E-state index < -0.39 is 30.6 Å².